The van der Waals surface area contributed by atoms with Gasteiger partial charge in [-0.3, -0.25) is 0 Å². The van der Waals surface area contributed by atoms with E-state index in [0.29, 0.717) is 0 Å². The molecule has 0 aliphatic carbocycles. The third-order valence-electron chi connectivity index (χ3n) is 1.15. The molecule has 0 fully saturated rings. The van der Waals surface area contributed by atoms with Gasteiger partial charge in [-0.1, -0.05) is 0 Å². The van der Waals surface area contributed by atoms with E-state index >= 15 is 0 Å². The molecule has 0 saturated carbocycles. The van der Waals surface area contributed by atoms with Crippen molar-refractivity contribution < 1.29 is 30.7 Å². The Labute approximate surface area is 69.0 Å². The molecule has 3 unspecified atom stereocenters. The van der Waals surface area contributed by atoms with E-state index in [-0.39, 0.29) is 6.08 Å². The molecule has 0 saturated heterocycles. The average Bonchev–Trinajstić information content (AvgIpc) is 2.00. The summed E-state index contributed by atoms with van der Waals surface area (Å²) in [5.74, 6) is 0. The second-order valence-corrected chi connectivity index (χ2v) is 2.15. The first-order chi connectivity index (χ1) is 5.80. The molecule has 0 bridgehead atoms. The fourth-order valence-electron chi connectivity index (χ4n) is 0.518. The summed E-state index contributed by atoms with van der Waals surface area (Å²) in [7, 11) is 0. The van der Waals surface area contributed by atoms with Crippen molar-refractivity contribution in [3.05, 3.63) is 12.4 Å². The molecule has 0 aromatic heterocycles. The predicted octanol–water partition coefficient (Wildman–Crippen LogP) is 3.05. The van der Waals surface area contributed by atoms with Crippen LogP contribution in [-0.2, 0) is 0 Å². The lowest BCUT2D eigenvalue weighted by Gasteiger charge is -2.17. The van der Waals surface area contributed by atoms with E-state index in [0.717, 1.165) is 0 Å². The van der Waals surface area contributed by atoms with Crippen LogP contribution in [0.4, 0.5) is 30.7 Å². The van der Waals surface area contributed by atoms with E-state index in [1.54, 1.807) is 0 Å². The van der Waals surface area contributed by atoms with E-state index in [4.69, 9.17) is 0 Å². The monoisotopic (exact) mass is 210 g/mol. The zero-order chi connectivity index (χ0) is 10.6. The molecule has 0 aromatic carbocycles. The molecule has 78 valence electrons. The highest BCUT2D eigenvalue weighted by Crippen LogP contribution is 2.29. The van der Waals surface area contributed by atoms with E-state index in [1.165, 1.54) is 0 Å². The highest BCUT2D eigenvalue weighted by atomic mass is 19.4. The number of hydrogen-bond acceptors (Lipinski definition) is 0. The lowest BCUT2D eigenvalue weighted by molar-refractivity contribution is -0.200. The summed E-state index contributed by atoms with van der Waals surface area (Å²) in [5.41, 5.74) is 0. The summed E-state index contributed by atoms with van der Waals surface area (Å²) < 4.78 is 81.7. The molecule has 0 nitrogen and oxygen atoms in total. The molecule has 0 spiro atoms. The van der Waals surface area contributed by atoms with Crippen molar-refractivity contribution in [2.24, 2.45) is 0 Å². The van der Waals surface area contributed by atoms with Gasteiger partial charge in [-0.2, -0.15) is 13.2 Å². The number of rotatable bonds is 3. The van der Waals surface area contributed by atoms with Gasteiger partial charge in [-0.15, -0.1) is 0 Å². The molecular formula is C6H5F7. The summed E-state index contributed by atoms with van der Waals surface area (Å²) in [5, 5.41) is 0. The van der Waals surface area contributed by atoms with Crippen LogP contribution in [0.25, 0.3) is 0 Å². The molecule has 0 N–H and O–H groups in total. The van der Waals surface area contributed by atoms with Crippen LogP contribution in [0.1, 0.15) is 0 Å². The van der Waals surface area contributed by atoms with Gasteiger partial charge >= 0.3 is 6.18 Å². The maximum Gasteiger partial charge on any atom is 0.422 e. The van der Waals surface area contributed by atoms with Crippen molar-refractivity contribution in [2.45, 2.75) is 24.7 Å². The Balaban J connectivity index is 4.33. The lowest BCUT2D eigenvalue weighted by Crippen LogP contribution is -2.38. The third-order valence-corrected chi connectivity index (χ3v) is 1.15. The zero-order valence-electron chi connectivity index (χ0n) is 6.03. The zero-order valence-corrected chi connectivity index (χ0v) is 6.03. The number of alkyl halides is 6. The van der Waals surface area contributed by atoms with E-state index in [2.05, 4.69) is 0 Å². The Morgan fingerprint density at radius 3 is 1.77 bits per heavy atom. The van der Waals surface area contributed by atoms with Gasteiger partial charge in [0.25, 0.3) is 0 Å². The van der Waals surface area contributed by atoms with Crippen molar-refractivity contribution in [1.82, 2.24) is 0 Å². The number of hydrogen-bond donors (Lipinski definition) is 0. The Hall–Kier alpha value is -0.750. The topological polar surface area (TPSA) is 0 Å². The first-order valence-electron chi connectivity index (χ1n) is 3.06. The Morgan fingerprint density at radius 1 is 1.00 bits per heavy atom. The van der Waals surface area contributed by atoms with Crippen molar-refractivity contribution in [1.29, 1.82) is 0 Å². The molecule has 0 aromatic rings. The SMILES string of the molecule is FC=CC(F)C(F)C(F)C(F)(F)F. The molecule has 7 heteroatoms. The molecule has 0 amide bonds. The largest absolute Gasteiger partial charge is 0.422 e. The van der Waals surface area contributed by atoms with Gasteiger partial charge in [0.2, 0.25) is 6.17 Å². The van der Waals surface area contributed by atoms with Gasteiger partial charge in [0.05, 0.1) is 6.33 Å². The molecule has 3 atom stereocenters. The Bertz CT molecular complexity index is 172. The van der Waals surface area contributed by atoms with Crippen LogP contribution in [0.3, 0.4) is 0 Å². The molecule has 13 heavy (non-hydrogen) atoms. The predicted molar refractivity (Wildman–Crippen MR) is 31.0 cm³/mol. The van der Waals surface area contributed by atoms with Gasteiger partial charge < -0.3 is 0 Å². The fourth-order valence-corrected chi connectivity index (χ4v) is 0.518. The van der Waals surface area contributed by atoms with Gasteiger partial charge in [-0.05, 0) is 6.08 Å². The summed E-state index contributed by atoms with van der Waals surface area (Å²) >= 11 is 0. The maximum atomic E-state index is 12.2. The van der Waals surface area contributed by atoms with Crippen LogP contribution < -0.4 is 0 Å². The summed E-state index contributed by atoms with van der Waals surface area (Å²) in [6.07, 6.45) is -16.4. The minimum Gasteiger partial charge on any atom is -0.240 e. The van der Waals surface area contributed by atoms with Crippen molar-refractivity contribution in [3.63, 3.8) is 0 Å². The summed E-state index contributed by atoms with van der Waals surface area (Å²) in [6, 6.07) is 0. The van der Waals surface area contributed by atoms with Gasteiger partial charge in [0.1, 0.15) is 0 Å². The van der Waals surface area contributed by atoms with Gasteiger partial charge in [0, 0.05) is 0 Å². The van der Waals surface area contributed by atoms with Crippen LogP contribution in [0.2, 0.25) is 0 Å². The van der Waals surface area contributed by atoms with Crippen molar-refractivity contribution in [2.75, 3.05) is 0 Å². The normalized spacial score (nSPS) is 20.2. The summed E-state index contributed by atoms with van der Waals surface area (Å²) in [6.45, 7) is 0. The lowest BCUT2D eigenvalue weighted by atomic mass is 10.1. The van der Waals surface area contributed by atoms with Crippen molar-refractivity contribution >= 4 is 0 Å². The second kappa shape index (κ2) is 4.48. The van der Waals surface area contributed by atoms with Gasteiger partial charge in [0.15, 0.2) is 12.3 Å². The molecular weight excluding hydrogens is 205 g/mol. The van der Waals surface area contributed by atoms with Crippen LogP contribution in [0, 0.1) is 0 Å². The fraction of sp³-hybridized carbons (Fsp3) is 0.667. The number of halogens is 7. The average molecular weight is 210 g/mol. The standard InChI is InChI=1S/C6H5F7/c7-2-1-3(8)4(9)5(10)6(11,12)13/h1-5H. The van der Waals surface area contributed by atoms with Gasteiger partial charge in [-0.25, -0.2) is 17.6 Å². The molecule has 0 aliphatic rings. The van der Waals surface area contributed by atoms with Crippen molar-refractivity contribution in [3.8, 4) is 0 Å². The first kappa shape index (κ1) is 12.2. The molecule has 0 aliphatic heterocycles. The minimum absolute atomic E-state index is 0.136. The van der Waals surface area contributed by atoms with Crippen LogP contribution in [0.15, 0.2) is 12.4 Å². The minimum atomic E-state index is -5.48. The highest BCUT2D eigenvalue weighted by Gasteiger charge is 2.48. The maximum absolute atomic E-state index is 12.2. The smallest absolute Gasteiger partial charge is 0.240 e. The van der Waals surface area contributed by atoms with Crippen LogP contribution >= 0.6 is 0 Å². The van der Waals surface area contributed by atoms with E-state index in [9.17, 15) is 30.7 Å². The Kier molecular flexibility index (Phi) is 4.22. The molecule has 0 heterocycles. The molecule has 0 rings (SSSR count). The second-order valence-electron chi connectivity index (χ2n) is 2.15. The van der Waals surface area contributed by atoms with Crippen LogP contribution in [0.5, 0.6) is 0 Å². The van der Waals surface area contributed by atoms with Crippen LogP contribution in [-0.4, -0.2) is 24.7 Å². The molecule has 0 radical (unpaired) electrons. The Morgan fingerprint density at radius 2 is 1.46 bits per heavy atom. The highest BCUT2D eigenvalue weighted by molar-refractivity contribution is 4.93. The first-order valence-corrected chi connectivity index (χ1v) is 3.06. The van der Waals surface area contributed by atoms with E-state index < -0.39 is 31.0 Å². The van der Waals surface area contributed by atoms with E-state index in [1.807, 2.05) is 0 Å². The quantitative estimate of drug-likeness (QED) is 0.628. The summed E-state index contributed by atoms with van der Waals surface area (Å²) in [4.78, 5) is 0. The number of allylic oxidation sites excluding steroid dienone is 1. The third kappa shape index (κ3) is 3.65.